The van der Waals surface area contributed by atoms with Crippen molar-refractivity contribution >= 4 is 26.0 Å². The van der Waals surface area contributed by atoms with Crippen LogP contribution < -0.4 is 4.72 Å². The predicted molar refractivity (Wildman–Crippen MR) is 76.9 cm³/mol. The van der Waals surface area contributed by atoms with E-state index in [2.05, 4.69) is 31.4 Å². The van der Waals surface area contributed by atoms with E-state index in [0.29, 0.717) is 17.7 Å². The van der Waals surface area contributed by atoms with Gasteiger partial charge < -0.3 is 0 Å². The van der Waals surface area contributed by atoms with E-state index in [-0.39, 0.29) is 6.04 Å². The lowest BCUT2D eigenvalue weighted by Crippen LogP contribution is -2.34. The first kappa shape index (κ1) is 15.2. The fourth-order valence-electron chi connectivity index (χ4n) is 1.44. The van der Waals surface area contributed by atoms with Gasteiger partial charge in [0.2, 0.25) is 10.0 Å². The van der Waals surface area contributed by atoms with Crippen molar-refractivity contribution in [3.63, 3.8) is 0 Å². The maximum atomic E-state index is 12.1. The molecule has 0 saturated heterocycles. The molecule has 0 aliphatic rings. The molecule has 0 aliphatic carbocycles. The summed E-state index contributed by atoms with van der Waals surface area (Å²) in [7, 11) is -3.45. The van der Waals surface area contributed by atoms with Gasteiger partial charge in [0, 0.05) is 28.4 Å². The molecular formula is C13H16BrNO2S. The Labute approximate surface area is 117 Å². The number of hydrogen-bond acceptors (Lipinski definition) is 2. The lowest BCUT2D eigenvalue weighted by molar-refractivity contribution is 0.544. The minimum atomic E-state index is -3.45. The molecule has 0 aliphatic heterocycles. The van der Waals surface area contributed by atoms with Gasteiger partial charge in [0.1, 0.15) is 0 Å². The molecule has 1 N–H and O–H groups in total. The van der Waals surface area contributed by atoms with Crippen molar-refractivity contribution in [3.8, 4) is 10.8 Å². The predicted octanol–water partition coefficient (Wildman–Crippen LogP) is 2.80. The van der Waals surface area contributed by atoms with Crippen LogP contribution in [0.1, 0.15) is 25.3 Å². The molecule has 3 nitrogen and oxygen atoms in total. The van der Waals surface area contributed by atoms with Crippen molar-refractivity contribution in [2.45, 2.75) is 37.6 Å². The summed E-state index contributed by atoms with van der Waals surface area (Å²) in [6.07, 6.45) is 1.19. The molecule has 1 unspecified atom stereocenters. The van der Waals surface area contributed by atoms with Crippen LogP contribution in [0.3, 0.4) is 0 Å². The second kappa shape index (κ2) is 6.93. The first-order valence-electron chi connectivity index (χ1n) is 5.67. The molecule has 0 radical (unpaired) electrons. The van der Waals surface area contributed by atoms with Gasteiger partial charge in [-0.25, -0.2) is 13.1 Å². The zero-order chi connectivity index (χ0) is 13.6. The zero-order valence-electron chi connectivity index (χ0n) is 10.4. The Morgan fingerprint density at radius 2 is 1.94 bits per heavy atom. The fourth-order valence-corrected chi connectivity index (χ4v) is 2.92. The maximum absolute atomic E-state index is 12.1. The van der Waals surface area contributed by atoms with Crippen molar-refractivity contribution in [2.24, 2.45) is 0 Å². The fraction of sp³-hybridized carbons (Fsp3) is 0.385. The molecule has 1 atom stereocenters. The van der Waals surface area contributed by atoms with Crippen LogP contribution in [0.15, 0.2) is 29.2 Å². The number of rotatable bonds is 5. The van der Waals surface area contributed by atoms with Gasteiger partial charge in [-0.1, -0.05) is 30.5 Å². The van der Waals surface area contributed by atoms with Crippen LogP contribution in [0.5, 0.6) is 0 Å². The summed E-state index contributed by atoms with van der Waals surface area (Å²) in [5, 5.41) is 0. The Morgan fingerprint density at radius 1 is 1.33 bits per heavy atom. The van der Waals surface area contributed by atoms with E-state index in [1.54, 1.807) is 24.3 Å². The Hall–Kier alpha value is -0.830. The van der Waals surface area contributed by atoms with Crippen LogP contribution in [-0.2, 0) is 10.0 Å². The third kappa shape index (κ3) is 4.45. The van der Waals surface area contributed by atoms with Crippen LogP contribution in [0.2, 0.25) is 0 Å². The van der Waals surface area contributed by atoms with Crippen LogP contribution in [-0.4, -0.2) is 14.5 Å². The van der Waals surface area contributed by atoms with Gasteiger partial charge in [0.15, 0.2) is 0 Å². The lowest BCUT2D eigenvalue weighted by Gasteiger charge is -2.14. The summed E-state index contributed by atoms with van der Waals surface area (Å²) in [6, 6.07) is 6.63. The average molecular weight is 330 g/mol. The minimum absolute atomic E-state index is 0.165. The molecule has 0 heterocycles. The van der Waals surface area contributed by atoms with E-state index in [1.807, 2.05) is 13.8 Å². The number of nitrogens with one attached hydrogen (secondary N) is 1. The minimum Gasteiger partial charge on any atom is -0.207 e. The molecule has 5 heteroatoms. The molecular weight excluding hydrogens is 314 g/mol. The quantitative estimate of drug-likeness (QED) is 0.844. The van der Waals surface area contributed by atoms with Crippen molar-refractivity contribution in [3.05, 3.63) is 29.8 Å². The smallest absolute Gasteiger partial charge is 0.207 e. The number of hydrogen-bond donors (Lipinski definition) is 1. The Balaban J connectivity index is 2.85. The topological polar surface area (TPSA) is 46.2 Å². The SMILES string of the molecule is CCC(CC#CBr)NS(=O)(=O)c1ccc(C)cc1. The van der Waals surface area contributed by atoms with Crippen LogP contribution in [0.4, 0.5) is 0 Å². The lowest BCUT2D eigenvalue weighted by atomic mass is 10.2. The molecule has 0 spiro atoms. The molecule has 98 valence electrons. The van der Waals surface area contributed by atoms with E-state index >= 15 is 0 Å². The van der Waals surface area contributed by atoms with E-state index in [1.165, 1.54) is 0 Å². The summed E-state index contributed by atoms with van der Waals surface area (Å²) in [4.78, 5) is 2.88. The summed E-state index contributed by atoms with van der Waals surface area (Å²) < 4.78 is 26.9. The summed E-state index contributed by atoms with van der Waals surface area (Å²) >= 11 is 3.00. The maximum Gasteiger partial charge on any atom is 0.240 e. The molecule has 1 rings (SSSR count). The third-order valence-corrected chi connectivity index (χ3v) is 4.38. The third-order valence-electron chi connectivity index (χ3n) is 2.56. The molecule has 0 saturated carbocycles. The van der Waals surface area contributed by atoms with Gasteiger partial charge in [0.05, 0.1) is 4.90 Å². The zero-order valence-corrected chi connectivity index (χ0v) is 12.8. The second-order valence-electron chi connectivity index (χ2n) is 4.01. The Kier molecular flexibility index (Phi) is 5.86. The first-order chi connectivity index (χ1) is 8.49. The molecule has 1 aromatic rings. The van der Waals surface area contributed by atoms with Gasteiger partial charge in [-0.2, -0.15) is 0 Å². The number of halogens is 1. The first-order valence-corrected chi connectivity index (χ1v) is 7.94. The van der Waals surface area contributed by atoms with Crippen molar-refractivity contribution in [2.75, 3.05) is 0 Å². The summed E-state index contributed by atoms with van der Waals surface area (Å²) in [5.74, 6) is 2.82. The van der Waals surface area contributed by atoms with Crippen molar-refractivity contribution in [1.29, 1.82) is 0 Å². The van der Waals surface area contributed by atoms with Gasteiger partial charge in [-0.15, -0.1) is 0 Å². The van der Waals surface area contributed by atoms with Crippen LogP contribution in [0.25, 0.3) is 0 Å². The van der Waals surface area contributed by atoms with E-state index < -0.39 is 10.0 Å². The average Bonchev–Trinajstić information content (AvgIpc) is 2.35. The molecule has 0 fully saturated rings. The Morgan fingerprint density at radius 3 is 2.44 bits per heavy atom. The molecule has 18 heavy (non-hydrogen) atoms. The van der Waals surface area contributed by atoms with Crippen molar-refractivity contribution < 1.29 is 8.42 Å². The summed E-state index contributed by atoms with van der Waals surface area (Å²) in [6.45, 7) is 3.85. The Bertz CT molecular complexity index is 541. The highest BCUT2D eigenvalue weighted by Gasteiger charge is 2.18. The van der Waals surface area contributed by atoms with Gasteiger partial charge in [-0.05, 0) is 30.3 Å². The summed E-state index contributed by atoms with van der Waals surface area (Å²) in [5.41, 5.74) is 1.03. The second-order valence-corrected chi connectivity index (χ2v) is 6.13. The number of aryl methyl sites for hydroxylation is 1. The normalized spacial score (nSPS) is 12.6. The molecule has 0 amide bonds. The number of sulfonamides is 1. The van der Waals surface area contributed by atoms with Gasteiger partial charge in [0.25, 0.3) is 0 Å². The molecule has 0 bridgehead atoms. The highest BCUT2D eigenvalue weighted by atomic mass is 79.9. The molecule has 1 aromatic carbocycles. The molecule has 0 aromatic heterocycles. The monoisotopic (exact) mass is 329 g/mol. The largest absolute Gasteiger partial charge is 0.240 e. The highest BCUT2D eigenvalue weighted by Crippen LogP contribution is 2.12. The van der Waals surface area contributed by atoms with Gasteiger partial charge in [-0.3, -0.25) is 0 Å². The van der Waals surface area contributed by atoms with E-state index in [4.69, 9.17) is 0 Å². The number of benzene rings is 1. The van der Waals surface area contributed by atoms with Gasteiger partial charge >= 0.3 is 0 Å². The van der Waals surface area contributed by atoms with Crippen LogP contribution >= 0.6 is 15.9 Å². The highest BCUT2D eigenvalue weighted by molar-refractivity contribution is 9.12. The van der Waals surface area contributed by atoms with Crippen molar-refractivity contribution in [1.82, 2.24) is 4.72 Å². The van der Waals surface area contributed by atoms with Crippen LogP contribution in [0, 0.1) is 17.7 Å². The standard InChI is InChI=1S/C13H16BrNO2S/c1-3-12(5-4-10-14)15-18(16,17)13-8-6-11(2)7-9-13/h6-9,12,15H,3,5H2,1-2H3. The van der Waals surface area contributed by atoms with E-state index in [0.717, 1.165) is 5.56 Å². The van der Waals surface area contributed by atoms with E-state index in [9.17, 15) is 8.42 Å².